The van der Waals surface area contributed by atoms with Crippen LogP contribution in [0.4, 0.5) is 5.69 Å². The van der Waals surface area contributed by atoms with Crippen LogP contribution < -0.4 is 10.1 Å². The molecular formula is C17H10BrCl2IN2O2. The predicted molar refractivity (Wildman–Crippen MR) is 112 cm³/mol. The number of nitrogens with zero attached hydrogens (tertiary/aromatic N) is 1. The molecule has 0 bridgehead atoms. The lowest BCUT2D eigenvalue weighted by Crippen LogP contribution is -2.13. The van der Waals surface area contributed by atoms with Crippen LogP contribution in [0.1, 0.15) is 5.56 Å². The maximum absolute atomic E-state index is 12.3. The molecule has 8 heteroatoms. The van der Waals surface area contributed by atoms with Gasteiger partial charge in [0.25, 0.3) is 5.91 Å². The molecule has 0 unspecified atom stereocenters. The number of amides is 1. The highest BCUT2D eigenvalue weighted by Gasteiger charge is 2.12. The van der Waals surface area contributed by atoms with E-state index in [0.717, 1.165) is 8.04 Å². The van der Waals surface area contributed by atoms with Crippen molar-refractivity contribution in [2.75, 3.05) is 12.4 Å². The molecule has 0 aliphatic heterocycles. The Morgan fingerprint density at radius 2 is 2.04 bits per heavy atom. The minimum absolute atomic E-state index is 0.0426. The molecule has 0 spiro atoms. The molecule has 1 N–H and O–H groups in total. The zero-order chi connectivity index (χ0) is 18.6. The molecule has 0 aliphatic rings. The van der Waals surface area contributed by atoms with Gasteiger partial charge in [0.1, 0.15) is 17.4 Å². The second-order valence-electron chi connectivity index (χ2n) is 4.77. The first-order chi connectivity index (χ1) is 11.8. The largest absolute Gasteiger partial charge is 0.494 e. The van der Waals surface area contributed by atoms with Gasteiger partial charge >= 0.3 is 0 Å². The van der Waals surface area contributed by atoms with E-state index in [1.165, 1.54) is 12.1 Å². The molecular weight excluding hydrogens is 542 g/mol. The van der Waals surface area contributed by atoms with Crippen LogP contribution in [0.5, 0.6) is 5.75 Å². The smallest absolute Gasteiger partial charge is 0.266 e. The third-order valence-corrected chi connectivity index (χ3v) is 5.21. The first kappa shape index (κ1) is 20.0. The SMILES string of the molecule is COc1c(Br)cc(/C=C(\C#N)C(=O)Nc2ccc(Cl)c(Cl)c2)cc1I. The van der Waals surface area contributed by atoms with E-state index < -0.39 is 5.91 Å². The highest BCUT2D eigenvalue weighted by Crippen LogP contribution is 2.32. The van der Waals surface area contributed by atoms with E-state index >= 15 is 0 Å². The number of hydrogen-bond acceptors (Lipinski definition) is 3. The number of nitriles is 1. The van der Waals surface area contributed by atoms with Crippen molar-refractivity contribution in [3.05, 3.63) is 59.6 Å². The average Bonchev–Trinajstić information content (AvgIpc) is 2.55. The van der Waals surface area contributed by atoms with Crippen molar-refractivity contribution in [1.82, 2.24) is 0 Å². The molecule has 0 saturated heterocycles. The van der Waals surface area contributed by atoms with Gasteiger partial charge in [0.15, 0.2) is 0 Å². The van der Waals surface area contributed by atoms with E-state index in [2.05, 4.69) is 43.8 Å². The first-order valence-electron chi connectivity index (χ1n) is 6.77. The minimum atomic E-state index is -0.539. The van der Waals surface area contributed by atoms with Crippen LogP contribution in [0.15, 0.2) is 40.4 Å². The number of carbonyl (C=O) groups excluding carboxylic acids is 1. The van der Waals surface area contributed by atoms with Crippen molar-refractivity contribution in [3.63, 3.8) is 0 Å². The lowest BCUT2D eigenvalue weighted by Gasteiger charge is -2.08. The zero-order valence-electron chi connectivity index (χ0n) is 12.7. The molecule has 2 aromatic rings. The lowest BCUT2D eigenvalue weighted by molar-refractivity contribution is -0.112. The molecule has 0 heterocycles. The number of benzene rings is 2. The number of halogens is 4. The summed E-state index contributed by atoms with van der Waals surface area (Å²) in [4.78, 5) is 12.3. The lowest BCUT2D eigenvalue weighted by atomic mass is 10.1. The van der Waals surface area contributed by atoms with Gasteiger partial charge in [0.05, 0.1) is 25.2 Å². The molecule has 0 aliphatic carbocycles. The Kier molecular flexibility index (Phi) is 7.14. The Balaban J connectivity index is 2.29. The Labute approximate surface area is 177 Å². The number of ether oxygens (including phenoxy) is 1. The van der Waals surface area contributed by atoms with Gasteiger partial charge in [-0.2, -0.15) is 5.26 Å². The summed E-state index contributed by atoms with van der Waals surface area (Å²) >= 11 is 17.3. The molecule has 2 rings (SSSR count). The topological polar surface area (TPSA) is 62.1 Å². The molecule has 0 radical (unpaired) electrons. The molecule has 25 heavy (non-hydrogen) atoms. The molecule has 128 valence electrons. The van der Waals surface area contributed by atoms with Gasteiger partial charge in [-0.25, -0.2) is 0 Å². The quantitative estimate of drug-likeness (QED) is 0.292. The van der Waals surface area contributed by atoms with Gasteiger partial charge in [0, 0.05) is 5.69 Å². The Morgan fingerprint density at radius 3 is 2.60 bits per heavy atom. The van der Waals surface area contributed by atoms with Crippen LogP contribution in [0.2, 0.25) is 10.0 Å². The Bertz CT molecular complexity index is 887. The number of nitrogens with one attached hydrogen (secondary N) is 1. The Morgan fingerprint density at radius 1 is 1.32 bits per heavy atom. The van der Waals surface area contributed by atoms with Gasteiger partial charge in [-0.15, -0.1) is 0 Å². The van der Waals surface area contributed by atoms with E-state index in [9.17, 15) is 10.1 Å². The fourth-order valence-electron chi connectivity index (χ4n) is 1.95. The van der Waals surface area contributed by atoms with Crippen molar-refractivity contribution in [1.29, 1.82) is 5.26 Å². The van der Waals surface area contributed by atoms with Crippen molar-refractivity contribution >= 4 is 79.4 Å². The number of anilines is 1. The fourth-order valence-corrected chi connectivity index (χ4v) is 4.12. The van der Waals surface area contributed by atoms with Crippen molar-refractivity contribution in [3.8, 4) is 11.8 Å². The summed E-state index contributed by atoms with van der Waals surface area (Å²) < 4.78 is 6.85. The maximum Gasteiger partial charge on any atom is 0.266 e. The third-order valence-electron chi connectivity index (χ3n) is 3.08. The van der Waals surface area contributed by atoms with Gasteiger partial charge in [-0.1, -0.05) is 23.2 Å². The maximum atomic E-state index is 12.3. The molecule has 0 atom stereocenters. The third kappa shape index (κ3) is 5.11. The molecule has 2 aromatic carbocycles. The number of rotatable bonds is 4. The summed E-state index contributed by atoms with van der Waals surface area (Å²) in [6.07, 6.45) is 1.50. The molecule has 0 aromatic heterocycles. The Hall–Kier alpha value is -1.27. The highest BCUT2D eigenvalue weighted by molar-refractivity contribution is 14.1. The van der Waals surface area contributed by atoms with Crippen LogP contribution in [0.3, 0.4) is 0 Å². The zero-order valence-corrected chi connectivity index (χ0v) is 18.0. The van der Waals surface area contributed by atoms with Crippen LogP contribution >= 0.6 is 61.7 Å². The van der Waals surface area contributed by atoms with Crippen LogP contribution in [0.25, 0.3) is 6.08 Å². The van der Waals surface area contributed by atoms with Crippen LogP contribution in [0, 0.1) is 14.9 Å². The normalized spacial score (nSPS) is 11.0. The summed E-state index contributed by atoms with van der Waals surface area (Å²) in [5, 5.41) is 12.6. The average molecular weight is 552 g/mol. The predicted octanol–water partition coefficient (Wildman–Crippen LogP) is 5.91. The van der Waals surface area contributed by atoms with Gasteiger partial charge in [0.2, 0.25) is 0 Å². The highest BCUT2D eigenvalue weighted by atomic mass is 127. The number of hydrogen-bond donors (Lipinski definition) is 1. The van der Waals surface area contributed by atoms with E-state index in [1.54, 1.807) is 25.3 Å². The van der Waals surface area contributed by atoms with Gasteiger partial charge in [-0.05, 0) is 80.5 Å². The van der Waals surface area contributed by atoms with E-state index in [0.29, 0.717) is 27.0 Å². The van der Waals surface area contributed by atoms with E-state index in [-0.39, 0.29) is 5.57 Å². The summed E-state index contributed by atoms with van der Waals surface area (Å²) in [6, 6.07) is 10.2. The minimum Gasteiger partial charge on any atom is -0.494 e. The fraction of sp³-hybridized carbons (Fsp3) is 0.0588. The van der Waals surface area contributed by atoms with Gasteiger partial charge < -0.3 is 10.1 Å². The van der Waals surface area contributed by atoms with Crippen molar-refractivity contribution < 1.29 is 9.53 Å². The second kappa shape index (κ2) is 8.90. The summed E-state index contributed by atoms with van der Waals surface area (Å²) in [5.74, 6) is 0.152. The summed E-state index contributed by atoms with van der Waals surface area (Å²) in [6.45, 7) is 0. The number of carbonyl (C=O) groups is 1. The van der Waals surface area contributed by atoms with E-state index in [4.69, 9.17) is 27.9 Å². The summed E-state index contributed by atoms with van der Waals surface area (Å²) in [5.41, 5.74) is 1.10. The van der Waals surface area contributed by atoms with Crippen molar-refractivity contribution in [2.24, 2.45) is 0 Å². The summed E-state index contributed by atoms with van der Waals surface area (Å²) in [7, 11) is 1.57. The van der Waals surface area contributed by atoms with Gasteiger partial charge in [-0.3, -0.25) is 4.79 Å². The van der Waals surface area contributed by atoms with Crippen LogP contribution in [-0.2, 0) is 4.79 Å². The van der Waals surface area contributed by atoms with E-state index in [1.807, 2.05) is 12.1 Å². The molecule has 4 nitrogen and oxygen atoms in total. The van der Waals surface area contributed by atoms with Crippen molar-refractivity contribution in [2.45, 2.75) is 0 Å². The number of methoxy groups -OCH3 is 1. The second-order valence-corrected chi connectivity index (χ2v) is 7.60. The monoisotopic (exact) mass is 550 g/mol. The standard InChI is InChI=1S/C17H10BrCl2IN2O2/c1-25-16-12(18)5-9(6-15(16)21)4-10(8-22)17(24)23-11-2-3-13(19)14(20)7-11/h2-7H,1H3,(H,23,24)/b10-4+. The van der Waals surface area contributed by atoms with Crippen LogP contribution in [-0.4, -0.2) is 13.0 Å². The molecule has 0 fully saturated rings. The first-order valence-corrected chi connectivity index (χ1v) is 9.39. The molecule has 1 amide bonds. The molecule has 0 saturated carbocycles.